The van der Waals surface area contributed by atoms with Crippen LogP contribution in [0.3, 0.4) is 0 Å². The van der Waals surface area contributed by atoms with E-state index in [0.29, 0.717) is 23.7 Å². The summed E-state index contributed by atoms with van der Waals surface area (Å²) >= 11 is 5.03. The second-order valence-corrected chi connectivity index (χ2v) is 6.93. The molecule has 1 atom stereocenters. The summed E-state index contributed by atoms with van der Waals surface area (Å²) < 4.78 is 16.9. The maximum atomic E-state index is 10.4. The summed E-state index contributed by atoms with van der Waals surface area (Å²) in [4.78, 5) is 1.10. The number of benzene rings is 1. The van der Waals surface area contributed by atoms with Crippen LogP contribution in [0.4, 0.5) is 0 Å². The summed E-state index contributed by atoms with van der Waals surface area (Å²) in [5.41, 5.74) is 0.731. The van der Waals surface area contributed by atoms with Gasteiger partial charge >= 0.3 is 0 Å². The number of thiophene rings is 1. The maximum absolute atomic E-state index is 10.4. The van der Waals surface area contributed by atoms with Crippen molar-refractivity contribution in [3.63, 3.8) is 0 Å². The van der Waals surface area contributed by atoms with E-state index >= 15 is 0 Å². The summed E-state index contributed by atoms with van der Waals surface area (Å²) in [6.07, 6.45) is -0.0983. The summed E-state index contributed by atoms with van der Waals surface area (Å²) in [5.74, 6) is 1.60. The summed E-state index contributed by atoms with van der Waals surface area (Å²) in [6, 6.07) is 7.52. The van der Waals surface area contributed by atoms with Crippen molar-refractivity contribution in [2.75, 3.05) is 21.3 Å². The van der Waals surface area contributed by atoms with Crippen LogP contribution in [0.1, 0.15) is 16.5 Å². The number of methoxy groups -OCH3 is 3. The first-order valence-corrected chi connectivity index (χ1v) is 7.92. The lowest BCUT2D eigenvalue weighted by molar-refractivity contribution is 0.178. The third kappa shape index (κ3) is 3.70. The first-order chi connectivity index (χ1) is 10.1. The van der Waals surface area contributed by atoms with Gasteiger partial charge in [-0.05, 0) is 45.8 Å². The predicted molar refractivity (Wildman–Crippen MR) is 86.8 cm³/mol. The van der Waals surface area contributed by atoms with Gasteiger partial charge in [0.2, 0.25) is 5.75 Å². The van der Waals surface area contributed by atoms with Gasteiger partial charge in [-0.15, -0.1) is 11.3 Å². The lowest BCUT2D eigenvalue weighted by Gasteiger charge is -2.16. The number of rotatable bonds is 6. The zero-order valence-corrected chi connectivity index (χ0v) is 14.5. The fraction of sp³-hybridized carbons (Fsp3) is 0.333. The van der Waals surface area contributed by atoms with Crippen LogP contribution in [0.2, 0.25) is 0 Å². The molecule has 0 aliphatic rings. The van der Waals surface area contributed by atoms with E-state index < -0.39 is 6.10 Å². The van der Waals surface area contributed by atoms with Crippen molar-refractivity contribution < 1.29 is 19.3 Å². The van der Waals surface area contributed by atoms with Gasteiger partial charge in [-0.1, -0.05) is 0 Å². The minimum Gasteiger partial charge on any atom is -0.493 e. The van der Waals surface area contributed by atoms with E-state index in [2.05, 4.69) is 15.9 Å². The van der Waals surface area contributed by atoms with Crippen molar-refractivity contribution >= 4 is 27.3 Å². The fourth-order valence-corrected chi connectivity index (χ4v) is 3.58. The van der Waals surface area contributed by atoms with E-state index in [4.69, 9.17) is 14.2 Å². The number of halogens is 1. The van der Waals surface area contributed by atoms with Crippen LogP contribution in [0.5, 0.6) is 17.2 Å². The molecule has 1 unspecified atom stereocenters. The Bertz CT molecular complexity index is 586. The van der Waals surface area contributed by atoms with E-state index in [-0.39, 0.29) is 0 Å². The van der Waals surface area contributed by atoms with E-state index in [0.717, 1.165) is 14.2 Å². The Morgan fingerprint density at radius 3 is 2.14 bits per heavy atom. The molecule has 114 valence electrons. The molecule has 0 bridgehead atoms. The normalized spacial score (nSPS) is 12.0. The smallest absolute Gasteiger partial charge is 0.203 e. The summed E-state index contributed by atoms with van der Waals surface area (Å²) in [7, 11) is 4.67. The third-order valence-electron chi connectivity index (χ3n) is 3.10. The zero-order chi connectivity index (χ0) is 15.4. The second kappa shape index (κ2) is 7.15. The molecule has 6 heteroatoms. The molecule has 2 rings (SSSR count). The molecule has 0 saturated carbocycles. The van der Waals surface area contributed by atoms with Crippen molar-refractivity contribution in [3.8, 4) is 17.2 Å². The van der Waals surface area contributed by atoms with E-state index in [1.54, 1.807) is 44.8 Å². The molecule has 4 nitrogen and oxygen atoms in total. The molecular formula is C15H17BrO4S. The number of hydrogen-bond donors (Lipinski definition) is 1. The molecule has 2 aromatic rings. The van der Waals surface area contributed by atoms with Crippen LogP contribution in [0.15, 0.2) is 28.1 Å². The lowest BCUT2D eigenvalue weighted by Crippen LogP contribution is -2.03. The molecule has 0 aliphatic carbocycles. The Morgan fingerprint density at radius 2 is 1.71 bits per heavy atom. The van der Waals surface area contributed by atoms with Crippen molar-refractivity contribution in [2.45, 2.75) is 12.5 Å². The number of hydrogen-bond acceptors (Lipinski definition) is 5. The van der Waals surface area contributed by atoms with Gasteiger partial charge in [0, 0.05) is 11.3 Å². The van der Waals surface area contributed by atoms with Gasteiger partial charge in [-0.25, -0.2) is 0 Å². The molecule has 0 amide bonds. The highest BCUT2D eigenvalue weighted by Crippen LogP contribution is 2.40. The largest absolute Gasteiger partial charge is 0.493 e. The van der Waals surface area contributed by atoms with Crippen LogP contribution in [-0.4, -0.2) is 26.4 Å². The maximum Gasteiger partial charge on any atom is 0.203 e. The molecule has 0 aliphatic heterocycles. The minimum atomic E-state index is -0.635. The molecule has 0 fully saturated rings. The molecule has 1 N–H and O–H groups in total. The number of ether oxygens (including phenoxy) is 3. The first-order valence-electron chi connectivity index (χ1n) is 6.31. The van der Waals surface area contributed by atoms with Crippen molar-refractivity contribution in [3.05, 3.63) is 38.5 Å². The quantitative estimate of drug-likeness (QED) is 0.837. The van der Waals surface area contributed by atoms with Gasteiger partial charge in [0.1, 0.15) is 0 Å². The Morgan fingerprint density at radius 1 is 1.10 bits per heavy atom. The van der Waals surface area contributed by atoms with E-state index in [1.807, 2.05) is 12.1 Å². The Hall–Kier alpha value is -1.24. The third-order valence-corrected chi connectivity index (χ3v) is 4.74. The highest BCUT2D eigenvalue weighted by Gasteiger charge is 2.18. The highest BCUT2D eigenvalue weighted by atomic mass is 79.9. The van der Waals surface area contributed by atoms with E-state index in [9.17, 15) is 5.11 Å². The number of aliphatic hydroxyl groups is 1. The molecule has 0 radical (unpaired) electrons. The summed E-state index contributed by atoms with van der Waals surface area (Å²) in [6.45, 7) is 0. The fourth-order valence-electron chi connectivity index (χ4n) is 2.06. The first kappa shape index (κ1) is 16.1. The molecule has 21 heavy (non-hydrogen) atoms. The minimum absolute atomic E-state index is 0.523. The summed E-state index contributed by atoms with van der Waals surface area (Å²) in [5, 5.41) is 10.4. The van der Waals surface area contributed by atoms with E-state index in [1.165, 1.54) is 0 Å². The Kier molecular flexibility index (Phi) is 5.50. The van der Waals surface area contributed by atoms with Gasteiger partial charge < -0.3 is 19.3 Å². The van der Waals surface area contributed by atoms with Crippen LogP contribution in [-0.2, 0) is 6.42 Å². The van der Waals surface area contributed by atoms with Crippen LogP contribution >= 0.6 is 27.3 Å². The van der Waals surface area contributed by atoms with Crippen molar-refractivity contribution in [2.24, 2.45) is 0 Å². The molecule has 1 aromatic carbocycles. The SMILES string of the molecule is COc1cc(C(O)Cc2ccc(Br)s2)cc(OC)c1OC. The lowest BCUT2D eigenvalue weighted by atomic mass is 10.0. The molecule has 1 aromatic heterocycles. The van der Waals surface area contributed by atoms with Gasteiger partial charge in [-0.2, -0.15) is 0 Å². The average Bonchev–Trinajstić information content (AvgIpc) is 2.90. The molecule has 1 heterocycles. The number of aliphatic hydroxyl groups excluding tert-OH is 1. The monoisotopic (exact) mass is 372 g/mol. The second-order valence-electron chi connectivity index (χ2n) is 4.38. The van der Waals surface area contributed by atoms with Crippen molar-refractivity contribution in [1.82, 2.24) is 0 Å². The zero-order valence-electron chi connectivity index (χ0n) is 12.1. The predicted octanol–water partition coefficient (Wildman–Crippen LogP) is 3.81. The van der Waals surface area contributed by atoms with Crippen LogP contribution < -0.4 is 14.2 Å². The Labute approximate surface area is 136 Å². The molecule has 0 spiro atoms. The van der Waals surface area contributed by atoms with Crippen LogP contribution in [0.25, 0.3) is 0 Å². The van der Waals surface area contributed by atoms with Crippen LogP contribution in [0, 0.1) is 0 Å². The standard InChI is InChI=1S/C15H17BrO4S/c1-18-12-6-9(7-13(19-2)15(12)20-3)11(17)8-10-4-5-14(16)21-10/h4-7,11,17H,8H2,1-3H3. The highest BCUT2D eigenvalue weighted by molar-refractivity contribution is 9.11. The van der Waals surface area contributed by atoms with Gasteiger partial charge in [0.15, 0.2) is 11.5 Å². The van der Waals surface area contributed by atoms with Gasteiger partial charge in [0.05, 0.1) is 31.2 Å². The van der Waals surface area contributed by atoms with Crippen molar-refractivity contribution in [1.29, 1.82) is 0 Å². The van der Waals surface area contributed by atoms with Gasteiger partial charge in [-0.3, -0.25) is 0 Å². The Balaban J connectivity index is 2.30. The topological polar surface area (TPSA) is 47.9 Å². The molecule has 0 saturated heterocycles. The molecular weight excluding hydrogens is 356 g/mol. The average molecular weight is 373 g/mol. The van der Waals surface area contributed by atoms with Gasteiger partial charge in [0.25, 0.3) is 0 Å².